The molecule has 1 aromatic rings. The first-order valence-electron chi connectivity index (χ1n) is 5.57. The Morgan fingerprint density at radius 3 is 2.93 bits per heavy atom. The summed E-state index contributed by atoms with van der Waals surface area (Å²) in [5.74, 6) is 0.434. The number of ketones is 1. The highest BCUT2D eigenvalue weighted by Gasteiger charge is 2.33. The van der Waals surface area contributed by atoms with Crippen molar-refractivity contribution in [3.8, 4) is 0 Å². The summed E-state index contributed by atoms with van der Waals surface area (Å²) in [6.07, 6.45) is 8.73. The highest BCUT2D eigenvalue weighted by molar-refractivity contribution is 5.81. The van der Waals surface area contributed by atoms with E-state index in [-0.39, 0.29) is 5.41 Å². The highest BCUT2D eigenvalue weighted by atomic mass is 16.1. The van der Waals surface area contributed by atoms with Crippen LogP contribution >= 0.6 is 0 Å². The zero-order valence-corrected chi connectivity index (χ0v) is 9.49. The second-order valence-corrected chi connectivity index (χ2v) is 5.05. The van der Waals surface area contributed by atoms with Gasteiger partial charge in [-0.05, 0) is 30.2 Å². The molecule has 3 heteroatoms. The van der Waals surface area contributed by atoms with Gasteiger partial charge in [0.1, 0.15) is 5.78 Å². The van der Waals surface area contributed by atoms with E-state index in [0.717, 1.165) is 32.1 Å². The molecule has 0 bridgehead atoms. The Bertz CT molecular complexity index is 369. The van der Waals surface area contributed by atoms with Gasteiger partial charge in [-0.15, -0.1) is 0 Å². The van der Waals surface area contributed by atoms with Crippen LogP contribution < -0.4 is 0 Å². The Kier molecular flexibility index (Phi) is 2.63. The zero-order valence-electron chi connectivity index (χ0n) is 9.49. The molecule has 82 valence electrons. The lowest BCUT2D eigenvalue weighted by Gasteiger charge is -2.21. The van der Waals surface area contributed by atoms with Gasteiger partial charge in [-0.1, -0.05) is 6.92 Å². The molecular weight excluding hydrogens is 188 g/mol. The summed E-state index contributed by atoms with van der Waals surface area (Å²) in [5.41, 5.74) is 1.52. The van der Waals surface area contributed by atoms with Crippen LogP contribution in [0.25, 0.3) is 0 Å². The lowest BCUT2D eigenvalue weighted by atomic mass is 9.83. The number of aryl methyl sites for hydroxylation is 2. The maximum atomic E-state index is 11.3. The number of hydrogen-bond acceptors (Lipinski definition) is 2. The van der Waals surface area contributed by atoms with Crippen molar-refractivity contribution < 1.29 is 4.79 Å². The molecule has 0 N–H and O–H groups in total. The van der Waals surface area contributed by atoms with Crippen LogP contribution in [0.1, 0.15) is 38.2 Å². The average molecular weight is 206 g/mol. The van der Waals surface area contributed by atoms with Crippen LogP contribution in [0.4, 0.5) is 0 Å². The van der Waals surface area contributed by atoms with Crippen molar-refractivity contribution in [2.45, 2.75) is 39.0 Å². The minimum Gasteiger partial charge on any atom is -0.300 e. The third-order valence-electron chi connectivity index (χ3n) is 3.41. The minimum atomic E-state index is 0.243. The van der Waals surface area contributed by atoms with Gasteiger partial charge < -0.3 is 0 Å². The lowest BCUT2D eigenvalue weighted by Crippen LogP contribution is -2.13. The lowest BCUT2D eigenvalue weighted by molar-refractivity contribution is -0.118. The Morgan fingerprint density at radius 2 is 2.40 bits per heavy atom. The van der Waals surface area contributed by atoms with Crippen molar-refractivity contribution in [1.82, 2.24) is 9.78 Å². The Labute approximate surface area is 90.5 Å². The topological polar surface area (TPSA) is 34.9 Å². The molecule has 1 aliphatic rings. The van der Waals surface area contributed by atoms with Crippen molar-refractivity contribution in [2.75, 3.05) is 0 Å². The summed E-state index contributed by atoms with van der Waals surface area (Å²) < 4.78 is 1.83. The van der Waals surface area contributed by atoms with Crippen molar-refractivity contribution in [1.29, 1.82) is 0 Å². The molecule has 1 saturated carbocycles. The van der Waals surface area contributed by atoms with Gasteiger partial charge in [-0.3, -0.25) is 9.48 Å². The molecular formula is C12H18N2O. The fraction of sp³-hybridized carbons (Fsp3) is 0.667. The van der Waals surface area contributed by atoms with E-state index < -0.39 is 0 Å². The summed E-state index contributed by atoms with van der Waals surface area (Å²) in [5, 5.41) is 4.15. The van der Waals surface area contributed by atoms with Gasteiger partial charge in [-0.25, -0.2) is 0 Å². The fourth-order valence-electron chi connectivity index (χ4n) is 2.35. The number of Topliss-reactive ketones (excluding diaryl/α,β-unsaturated/α-hetero) is 1. The van der Waals surface area contributed by atoms with Crippen LogP contribution in [-0.2, 0) is 18.3 Å². The zero-order chi connectivity index (χ0) is 10.9. The molecule has 0 amide bonds. The molecule has 0 aromatic carbocycles. The molecule has 1 heterocycles. The maximum Gasteiger partial charge on any atom is 0.133 e. The number of rotatable bonds is 3. The quantitative estimate of drug-likeness (QED) is 0.759. The van der Waals surface area contributed by atoms with Gasteiger partial charge in [-0.2, -0.15) is 5.10 Å². The molecule has 3 nitrogen and oxygen atoms in total. The van der Waals surface area contributed by atoms with Crippen molar-refractivity contribution >= 4 is 5.78 Å². The SMILES string of the molecule is Cn1cc(CCC2(C)CCC(=O)C2)cn1. The first-order chi connectivity index (χ1) is 7.07. The predicted molar refractivity (Wildman–Crippen MR) is 58.5 cm³/mol. The smallest absolute Gasteiger partial charge is 0.133 e. The first kappa shape index (κ1) is 10.4. The van der Waals surface area contributed by atoms with E-state index in [9.17, 15) is 4.79 Å². The van der Waals surface area contributed by atoms with Crippen LogP contribution in [0.5, 0.6) is 0 Å². The summed E-state index contributed by atoms with van der Waals surface area (Å²) in [7, 11) is 1.93. The largest absolute Gasteiger partial charge is 0.300 e. The van der Waals surface area contributed by atoms with Gasteiger partial charge in [0, 0.05) is 26.1 Å². The number of hydrogen-bond donors (Lipinski definition) is 0. The van der Waals surface area contributed by atoms with E-state index in [1.54, 1.807) is 0 Å². The second kappa shape index (κ2) is 3.80. The molecule has 1 aromatic heterocycles. The number of carbonyl (C=O) groups excluding carboxylic acids is 1. The van der Waals surface area contributed by atoms with Gasteiger partial charge in [0.25, 0.3) is 0 Å². The third-order valence-corrected chi connectivity index (χ3v) is 3.41. The van der Waals surface area contributed by atoms with Crippen molar-refractivity contribution in [3.05, 3.63) is 18.0 Å². The van der Waals surface area contributed by atoms with Gasteiger partial charge in [0.2, 0.25) is 0 Å². The van der Waals surface area contributed by atoms with E-state index in [1.807, 2.05) is 17.9 Å². The number of aromatic nitrogens is 2. The van der Waals surface area contributed by atoms with Crippen LogP contribution in [0.3, 0.4) is 0 Å². The Morgan fingerprint density at radius 1 is 1.60 bits per heavy atom. The van der Waals surface area contributed by atoms with Gasteiger partial charge in [0.05, 0.1) is 6.20 Å². The summed E-state index contributed by atoms with van der Waals surface area (Å²) in [6, 6.07) is 0. The average Bonchev–Trinajstić information content (AvgIpc) is 2.71. The monoisotopic (exact) mass is 206 g/mol. The van der Waals surface area contributed by atoms with Crippen LogP contribution in [0.2, 0.25) is 0 Å². The van der Waals surface area contributed by atoms with Gasteiger partial charge in [0.15, 0.2) is 0 Å². The molecule has 1 atom stereocenters. The third kappa shape index (κ3) is 2.46. The highest BCUT2D eigenvalue weighted by Crippen LogP contribution is 2.39. The summed E-state index contributed by atoms with van der Waals surface area (Å²) in [4.78, 5) is 11.3. The second-order valence-electron chi connectivity index (χ2n) is 5.05. The molecule has 0 aliphatic heterocycles. The maximum absolute atomic E-state index is 11.3. The summed E-state index contributed by atoms with van der Waals surface area (Å²) in [6.45, 7) is 2.23. The predicted octanol–water partition coefficient (Wildman–Crippen LogP) is 2.11. The van der Waals surface area contributed by atoms with E-state index >= 15 is 0 Å². The molecule has 2 rings (SSSR count). The van der Waals surface area contributed by atoms with E-state index in [4.69, 9.17) is 0 Å². The van der Waals surface area contributed by atoms with E-state index in [1.165, 1.54) is 5.56 Å². The van der Waals surface area contributed by atoms with Gasteiger partial charge >= 0.3 is 0 Å². The Hall–Kier alpha value is -1.12. The van der Waals surface area contributed by atoms with E-state index in [2.05, 4.69) is 18.2 Å². The van der Waals surface area contributed by atoms with Crippen LogP contribution in [-0.4, -0.2) is 15.6 Å². The summed E-state index contributed by atoms with van der Waals surface area (Å²) >= 11 is 0. The Balaban J connectivity index is 1.90. The molecule has 1 fully saturated rings. The molecule has 0 radical (unpaired) electrons. The van der Waals surface area contributed by atoms with Crippen molar-refractivity contribution in [3.63, 3.8) is 0 Å². The standard InChI is InChI=1S/C12H18N2O/c1-12(6-4-11(15)7-12)5-3-10-8-13-14(2)9-10/h8-9H,3-7H2,1-2H3. The fourth-order valence-corrected chi connectivity index (χ4v) is 2.35. The molecule has 0 spiro atoms. The van der Waals surface area contributed by atoms with Crippen molar-refractivity contribution in [2.24, 2.45) is 12.5 Å². The number of carbonyl (C=O) groups is 1. The first-order valence-corrected chi connectivity index (χ1v) is 5.57. The van der Waals surface area contributed by atoms with E-state index in [0.29, 0.717) is 5.78 Å². The molecule has 1 unspecified atom stereocenters. The number of nitrogens with zero attached hydrogens (tertiary/aromatic N) is 2. The normalized spacial score (nSPS) is 26.1. The molecule has 1 aliphatic carbocycles. The van der Waals surface area contributed by atoms with Crippen LogP contribution in [0, 0.1) is 5.41 Å². The molecule has 0 saturated heterocycles. The minimum absolute atomic E-state index is 0.243. The molecule has 15 heavy (non-hydrogen) atoms. The van der Waals surface area contributed by atoms with Crippen LogP contribution in [0.15, 0.2) is 12.4 Å².